The molecule has 0 aliphatic carbocycles. The van der Waals surface area contributed by atoms with Crippen molar-refractivity contribution in [3.05, 3.63) is 0 Å². The minimum absolute atomic E-state index is 0.139. The molecule has 0 spiro atoms. The van der Waals surface area contributed by atoms with Crippen LogP contribution in [0.2, 0.25) is 0 Å². The highest BCUT2D eigenvalue weighted by molar-refractivity contribution is 4.93. The van der Waals surface area contributed by atoms with Crippen molar-refractivity contribution in [3.63, 3.8) is 0 Å². The van der Waals surface area contributed by atoms with Gasteiger partial charge in [0.2, 0.25) is 0 Å². The Kier molecular flexibility index (Phi) is 1.94. The highest BCUT2D eigenvalue weighted by Crippen LogP contribution is 2.27. The smallest absolute Gasteiger partial charge is 0.159 e. The first kappa shape index (κ1) is 7.91. The van der Waals surface area contributed by atoms with E-state index in [0.717, 1.165) is 0 Å². The number of hydrogen-bond acceptors (Lipinski definition) is 3. The second-order valence-electron chi connectivity index (χ2n) is 2.75. The van der Waals surface area contributed by atoms with Crippen LogP contribution in [0.4, 0.5) is 4.39 Å². The molecule has 1 fully saturated rings. The fourth-order valence-corrected chi connectivity index (χ4v) is 0.987. The second kappa shape index (κ2) is 2.45. The average Bonchev–Trinajstić information content (AvgIpc) is 2.10. The van der Waals surface area contributed by atoms with Gasteiger partial charge in [-0.3, -0.25) is 0 Å². The van der Waals surface area contributed by atoms with Crippen LogP contribution in [0.5, 0.6) is 0 Å². The number of rotatable bonds is 1. The van der Waals surface area contributed by atoms with Crippen LogP contribution in [0.1, 0.15) is 6.92 Å². The van der Waals surface area contributed by atoms with Crippen molar-refractivity contribution in [3.8, 4) is 0 Å². The summed E-state index contributed by atoms with van der Waals surface area (Å²) in [4.78, 5) is 0. The van der Waals surface area contributed by atoms with Gasteiger partial charge in [-0.2, -0.15) is 0 Å². The van der Waals surface area contributed by atoms with Crippen LogP contribution in [-0.4, -0.2) is 41.3 Å². The summed E-state index contributed by atoms with van der Waals surface area (Å²) in [6.45, 7) is 0.785. The van der Waals surface area contributed by atoms with Gasteiger partial charge in [0.1, 0.15) is 12.2 Å². The van der Waals surface area contributed by atoms with Gasteiger partial charge in [-0.05, 0) is 6.92 Å². The molecule has 60 valence electrons. The third-order valence-electron chi connectivity index (χ3n) is 1.73. The normalized spacial score (nSPS) is 48.0. The van der Waals surface area contributed by atoms with E-state index in [4.69, 9.17) is 14.9 Å². The van der Waals surface area contributed by atoms with Crippen molar-refractivity contribution >= 4 is 0 Å². The van der Waals surface area contributed by atoms with E-state index in [-0.39, 0.29) is 13.2 Å². The maximum absolute atomic E-state index is 13.0. The summed E-state index contributed by atoms with van der Waals surface area (Å²) in [6.07, 6.45) is -1.95. The lowest BCUT2D eigenvalue weighted by Gasteiger charge is -2.17. The summed E-state index contributed by atoms with van der Waals surface area (Å²) >= 11 is 0. The largest absolute Gasteiger partial charge is 0.394 e. The Hall–Kier alpha value is -0.190. The van der Waals surface area contributed by atoms with Gasteiger partial charge in [-0.25, -0.2) is 4.39 Å². The van der Waals surface area contributed by atoms with Gasteiger partial charge in [-0.15, -0.1) is 0 Å². The molecule has 10 heavy (non-hydrogen) atoms. The maximum atomic E-state index is 13.0. The topological polar surface area (TPSA) is 49.7 Å². The summed E-state index contributed by atoms with van der Waals surface area (Å²) in [7, 11) is 0. The molecule has 0 amide bonds. The molecule has 3 nitrogen and oxygen atoms in total. The molecular weight excluding hydrogens is 139 g/mol. The van der Waals surface area contributed by atoms with E-state index in [1.165, 1.54) is 6.92 Å². The predicted octanol–water partition coefficient (Wildman–Crippen LogP) is -0.533. The lowest BCUT2D eigenvalue weighted by atomic mass is 10.0. The quantitative estimate of drug-likeness (QED) is 0.528. The van der Waals surface area contributed by atoms with Crippen LogP contribution in [0, 0.1) is 0 Å². The number of alkyl halides is 1. The van der Waals surface area contributed by atoms with Crippen molar-refractivity contribution < 1.29 is 19.3 Å². The van der Waals surface area contributed by atoms with Gasteiger partial charge < -0.3 is 14.9 Å². The number of aliphatic hydroxyl groups excluding tert-OH is 2. The zero-order valence-corrected chi connectivity index (χ0v) is 5.75. The molecule has 0 bridgehead atoms. The number of halogens is 1. The number of hydrogen-bond donors (Lipinski definition) is 2. The average molecular weight is 150 g/mol. The van der Waals surface area contributed by atoms with E-state index in [0.29, 0.717) is 0 Å². The van der Waals surface area contributed by atoms with Gasteiger partial charge in [0.15, 0.2) is 5.67 Å². The standard InChI is InChI=1S/C6H11FO3/c1-6(7)3-10-4(2-8)5(6)9/h4-5,8-9H,2-3H2,1H3/t4-,5-,6-/m1/s1. The van der Waals surface area contributed by atoms with E-state index in [9.17, 15) is 4.39 Å². The summed E-state index contributed by atoms with van der Waals surface area (Å²) in [5, 5.41) is 17.6. The van der Waals surface area contributed by atoms with Crippen LogP contribution in [0.25, 0.3) is 0 Å². The summed E-state index contributed by atoms with van der Waals surface area (Å²) in [5.74, 6) is 0. The lowest BCUT2D eigenvalue weighted by molar-refractivity contribution is -0.00983. The van der Waals surface area contributed by atoms with E-state index < -0.39 is 17.9 Å². The minimum atomic E-state index is -1.70. The fourth-order valence-electron chi connectivity index (χ4n) is 0.987. The third kappa shape index (κ3) is 1.14. The molecule has 4 heteroatoms. The molecule has 1 aliphatic rings. The molecule has 0 radical (unpaired) electrons. The molecule has 1 saturated heterocycles. The van der Waals surface area contributed by atoms with Gasteiger partial charge in [0.25, 0.3) is 0 Å². The Morgan fingerprint density at radius 1 is 1.80 bits per heavy atom. The summed E-state index contributed by atoms with van der Waals surface area (Å²) in [5.41, 5.74) is -1.70. The van der Waals surface area contributed by atoms with Crippen molar-refractivity contribution in [1.82, 2.24) is 0 Å². The first-order valence-electron chi connectivity index (χ1n) is 3.17. The molecule has 0 saturated carbocycles. The molecule has 1 heterocycles. The van der Waals surface area contributed by atoms with Gasteiger partial charge in [0.05, 0.1) is 13.2 Å². The molecule has 1 rings (SSSR count). The Bertz CT molecular complexity index is 126. The Balaban J connectivity index is 2.58. The van der Waals surface area contributed by atoms with E-state index in [1.807, 2.05) is 0 Å². The fraction of sp³-hybridized carbons (Fsp3) is 1.00. The molecule has 0 unspecified atom stereocenters. The Morgan fingerprint density at radius 3 is 2.60 bits per heavy atom. The first-order chi connectivity index (χ1) is 4.58. The monoisotopic (exact) mass is 150 g/mol. The van der Waals surface area contributed by atoms with Crippen molar-refractivity contribution in [1.29, 1.82) is 0 Å². The van der Waals surface area contributed by atoms with Crippen LogP contribution < -0.4 is 0 Å². The predicted molar refractivity (Wildman–Crippen MR) is 32.3 cm³/mol. The van der Waals surface area contributed by atoms with Crippen LogP contribution >= 0.6 is 0 Å². The molecule has 1 aliphatic heterocycles. The number of aliphatic hydroxyl groups is 2. The van der Waals surface area contributed by atoms with Gasteiger partial charge in [0, 0.05) is 0 Å². The maximum Gasteiger partial charge on any atom is 0.159 e. The first-order valence-corrected chi connectivity index (χ1v) is 3.17. The molecular formula is C6H11FO3. The zero-order chi connectivity index (χ0) is 7.78. The summed E-state index contributed by atoms with van der Waals surface area (Å²) < 4.78 is 17.7. The van der Waals surface area contributed by atoms with Gasteiger partial charge in [-0.1, -0.05) is 0 Å². The van der Waals surface area contributed by atoms with E-state index in [1.54, 1.807) is 0 Å². The van der Waals surface area contributed by atoms with Crippen LogP contribution in [-0.2, 0) is 4.74 Å². The van der Waals surface area contributed by atoms with E-state index in [2.05, 4.69) is 0 Å². The van der Waals surface area contributed by atoms with Crippen LogP contribution in [0.15, 0.2) is 0 Å². The van der Waals surface area contributed by atoms with Crippen LogP contribution in [0.3, 0.4) is 0 Å². The third-order valence-corrected chi connectivity index (χ3v) is 1.73. The number of ether oxygens (including phenoxy) is 1. The van der Waals surface area contributed by atoms with Crippen molar-refractivity contribution in [2.75, 3.05) is 13.2 Å². The molecule has 3 atom stereocenters. The van der Waals surface area contributed by atoms with E-state index >= 15 is 0 Å². The SMILES string of the molecule is C[C@@]1(F)CO[C@H](CO)[C@H]1O. The molecule has 2 N–H and O–H groups in total. The molecule has 0 aromatic heterocycles. The van der Waals surface area contributed by atoms with Gasteiger partial charge >= 0.3 is 0 Å². The molecule has 0 aromatic rings. The van der Waals surface area contributed by atoms with Crippen molar-refractivity contribution in [2.45, 2.75) is 24.8 Å². The highest BCUT2D eigenvalue weighted by Gasteiger charge is 2.45. The minimum Gasteiger partial charge on any atom is -0.394 e. The zero-order valence-electron chi connectivity index (χ0n) is 5.75. The summed E-state index contributed by atoms with van der Waals surface area (Å²) in [6, 6.07) is 0. The Labute approximate surface area is 58.4 Å². The van der Waals surface area contributed by atoms with Crippen molar-refractivity contribution in [2.24, 2.45) is 0 Å². The highest BCUT2D eigenvalue weighted by atomic mass is 19.1. The Morgan fingerprint density at radius 2 is 2.40 bits per heavy atom. The second-order valence-corrected chi connectivity index (χ2v) is 2.75. The lowest BCUT2D eigenvalue weighted by Crippen LogP contribution is -2.38. The molecule has 0 aromatic carbocycles.